The van der Waals surface area contributed by atoms with Crippen LogP contribution in [-0.2, 0) is 14.9 Å². The van der Waals surface area contributed by atoms with E-state index >= 15 is 0 Å². The maximum atomic E-state index is 11.8. The molecule has 4 heteroatoms. The highest BCUT2D eigenvalue weighted by molar-refractivity contribution is 5.82. The summed E-state index contributed by atoms with van der Waals surface area (Å²) in [4.78, 5) is 11.8. The summed E-state index contributed by atoms with van der Waals surface area (Å²) in [5.41, 5.74) is 0.341. The summed E-state index contributed by atoms with van der Waals surface area (Å²) in [6.45, 7) is 5.94. The van der Waals surface area contributed by atoms with Crippen molar-refractivity contribution in [2.24, 2.45) is 5.92 Å². The maximum absolute atomic E-state index is 11.8. The summed E-state index contributed by atoms with van der Waals surface area (Å²) in [7, 11) is 0. The molecule has 2 unspecified atom stereocenters. The van der Waals surface area contributed by atoms with Crippen molar-refractivity contribution in [2.75, 3.05) is 26.3 Å². The summed E-state index contributed by atoms with van der Waals surface area (Å²) in [5, 5.41) is 12.9. The van der Waals surface area contributed by atoms with Gasteiger partial charge in [0.05, 0.1) is 18.6 Å². The van der Waals surface area contributed by atoms with Gasteiger partial charge < -0.3 is 15.2 Å². The van der Waals surface area contributed by atoms with Crippen molar-refractivity contribution in [3.63, 3.8) is 0 Å². The van der Waals surface area contributed by atoms with Crippen LogP contribution in [-0.4, -0.2) is 37.4 Å². The Morgan fingerprint density at radius 2 is 1.96 bits per heavy atom. The maximum Gasteiger partial charge on any atom is 0.314 e. The Balaban J connectivity index is 0.000000268. The summed E-state index contributed by atoms with van der Waals surface area (Å²) >= 11 is 0. The molecule has 3 rings (SSSR count). The third kappa shape index (κ3) is 4.33. The molecule has 1 aliphatic carbocycles. The van der Waals surface area contributed by atoms with Gasteiger partial charge in [0, 0.05) is 13.1 Å². The molecule has 2 aliphatic rings. The molecular weight excluding hydrogens is 290 g/mol. The van der Waals surface area contributed by atoms with Crippen LogP contribution in [0.1, 0.15) is 44.6 Å². The molecule has 1 aromatic carbocycles. The van der Waals surface area contributed by atoms with Gasteiger partial charge in [0.15, 0.2) is 0 Å². The molecule has 0 radical (unpaired) electrons. The van der Waals surface area contributed by atoms with E-state index in [-0.39, 0.29) is 5.92 Å². The first kappa shape index (κ1) is 18.0. The summed E-state index contributed by atoms with van der Waals surface area (Å²) in [6.07, 6.45) is 4.96. The van der Waals surface area contributed by atoms with Gasteiger partial charge in [-0.05, 0) is 24.3 Å². The van der Waals surface area contributed by atoms with Crippen LogP contribution in [0.4, 0.5) is 0 Å². The van der Waals surface area contributed by atoms with Crippen LogP contribution in [0, 0.1) is 5.92 Å². The summed E-state index contributed by atoms with van der Waals surface area (Å²) < 4.78 is 5.01. The number of rotatable bonds is 3. The second kappa shape index (κ2) is 9.04. The number of nitrogens with one attached hydrogen (secondary N) is 1. The molecule has 128 valence electrons. The van der Waals surface area contributed by atoms with E-state index in [2.05, 4.69) is 12.2 Å². The topological polar surface area (TPSA) is 58.6 Å². The first-order valence-corrected chi connectivity index (χ1v) is 8.79. The Hall–Kier alpha value is -1.39. The molecule has 2 fully saturated rings. The fourth-order valence-electron chi connectivity index (χ4n) is 3.83. The van der Waals surface area contributed by atoms with Gasteiger partial charge in [-0.3, -0.25) is 4.79 Å². The number of morpholine rings is 1. The van der Waals surface area contributed by atoms with Gasteiger partial charge in [-0.15, -0.1) is 0 Å². The van der Waals surface area contributed by atoms with Crippen molar-refractivity contribution < 1.29 is 14.6 Å². The number of carboxylic acids is 1. The van der Waals surface area contributed by atoms with Crippen LogP contribution >= 0.6 is 0 Å². The van der Waals surface area contributed by atoms with E-state index in [1.54, 1.807) is 0 Å². The van der Waals surface area contributed by atoms with Gasteiger partial charge in [-0.1, -0.05) is 56.5 Å². The molecule has 0 spiro atoms. The molecule has 1 saturated carbocycles. The van der Waals surface area contributed by atoms with Gasteiger partial charge >= 0.3 is 5.97 Å². The fourth-order valence-corrected chi connectivity index (χ4v) is 3.83. The second-order valence-electron chi connectivity index (χ2n) is 6.36. The van der Waals surface area contributed by atoms with Crippen LogP contribution in [0.15, 0.2) is 30.3 Å². The first-order valence-electron chi connectivity index (χ1n) is 8.79. The van der Waals surface area contributed by atoms with Crippen LogP contribution < -0.4 is 5.32 Å². The van der Waals surface area contributed by atoms with Crippen molar-refractivity contribution in [1.82, 2.24) is 5.32 Å². The van der Waals surface area contributed by atoms with E-state index in [1.807, 2.05) is 30.3 Å². The third-order valence-corrected chi connectivity index (χ3v) is 5.08. The first-order chi connectivity index (χ1) is 11.2. The Kier molecular flexibility index (Phi) is 7.06. The zero-order chi connectivity index (χ0) is 16.5. The molecule has 1 heterocycles. The highest BCUT2D eigenvalue weighted by atomic mass is 16.5. The predicted octanol–water partition coefficient (Wildman–Crippen LogP) is 3.22. The smallest absolute Gasteiger partial charge is 0.314 e. The zero-order valence-corrected chi connectivity index (χ0v) is 14.1. The van der Waals surface area contributed by atoms with Gasteiger partial charge in [-0.25, -0.2) is 0 Å². The van der Waals surface area contributed by atoms with Gasteiger partial charge in [0.1, 0.15) is 0 Å². The number of aliphatic carboxylic acids is 1. The zero-order valence-electron chi connectivity index (χ0n) is 14.1. The van der Waals surface area contributed by atoms with Crippen molar-refractivity contribution in [1.29, 1.82) is 0 Å². The molecule has 1 saturated heterocycles. The number of hydrogen-bond acceptors (Lipinski definition) is 3. The Bertz CT molecular complexity index is 461. The van der Waals surface area contributed by atoms with Crippen LogP contribution in [0.2, 0.25) is 0 Å². The largest absolute Gasteiger partial charge is 0.481 e. The summed E-state index contributed by atoms with van der Waals surface area (Å²) in [5.74, 6) is -0.369. The lowest BCUT2D eigenvalue weighted by Crippen LogP contribution is -2.45. The molecule has 2 N–H and O–H groups in total. The number of ether oxygens (including phenoxy) is 1. The van der Waals surface area contributed by atoms with E-state index in [1.165, 1.54) is 6.42 Å². The minimum atomic E-state index is -0.645. The van der Waals surface area contributed by atoms with Crippen molar-refractivity contribution in [2.45, 2.75) is 44.4 Å². The second-order valence-corrected chi connectivity index (χ2v) is 6.36. The molecule has 1 aromatic rings. The van der Waals surface area contributed by atoms with Gasteiger partial charge in [0.2, 0.25) is 0 Å². The van der Waals surface area contributed by atoms with Crippen molar-refractivity contribution >= 4 is 5.97 Å². The minimum absolute atomic E-state index is 0.274. The molecule has 0 aromatic heterocycles. The Labute approximate surface area is 139 Å². The Morgan fingerprint density at radius 3 is 2.43 bits per heavy atom. The van der Waals surface area contributed by atoms with Crippen molar-refractivity contribution in [3.05, 3.63) is 35.9 Å². The van der Waals surface area contributed by atoms with E-state index in [0.717, 1.165) is 57.6 Å². The van der Waals surface area contributed by atoms with Crippen LogP contribution in [0.3, 0.4) is 0 Å². The van der Waals surface area contributed by atoms with Crippen LogP contribution in [0.5, 0.6) is 0 Å². The molecule has 2 atom stereocenters. The number of carbonyl (C=O) groups is 1. The lowest BCUT2D eigenvalue weighted by Gasteiger charge is -2.41. The predicted molar refractivity (Wildman–Crippen MR) is 91.7 cm³/mol. The van der Waals surface area contributed by atoms with E-state index in [9.17, 15) is 9.90 Å². The molecule has 0 bridgehead atoms. The van der Waals surface area contributed by atoms with Crippen LogP contribution in [0.25, 0.3) is 0 Å². The molecule has 23 heavy (non-hydrogen) atoms. The SMILES string of the molecule is C1COCCN1.CCC1CCCCC1(C(=O)O)c1ccccc1. The molecule has 0 amide bonds. The minimum Gasteiger partial charge on any atom is -0.481 e. The highest BCUT2D eigenvalue weighted by Gasteiger charge is 2.47. The number of carboxylic acid groups (broad SMARTS) is 1. The van der Waals surface area contributed by atoms with E-state index in [4.69, 9.17) is 4.74 Å². The lowest BCUT2D eigenvalue weighted by molar-refractivity contribution is -0.148. The number of benzene rings is 1. The van der Waals surface area contributed by atoms with Gasteiger partial charge in [-0.2, -0.15) is 0 Å². The number of hydrogen-bond donors (Lipinski definition) is 2. The van der Waals surface area contributed by atoms with Crippen molar-refractivity contribution in [3.8, 4) is 0 Å². The average Bonchev–Trinajstić information content (AvgIpc) is 2.64. The molecular formula is C19H29NO3. The van der Waals surface area contributed by atoms with E-state index in [0.29, 0.717) is 0 Å². The highest BCUT2D eigenvalue weighted by Crippen LogP contribution is 2.45. The quantitative estimate of drug-likeness (QED) is 0.898. The lowest BCUT2D eigenvalue weighted by atomic mass is 9.61. The summed E-state index contributed by atoms with van der Waals surface area (Å²) in [6, 6.07) is 9.79. The normalized spacial score (nSPS) is 27.6. The fraction of sp³-hybridized carbons (Fsp3) is 0.632. The Morgan fingerprint density at radius 1 is 1.26 bits per heavy atom. The molecule has 4 nitrogen and oxygen atoms in total. The monoisotopic (exact) mass is 319 g/mol. The third-order valence-electron chi connectivity index (χ3n) is 5.08. The van der Waals surface area contributed by atoms with Gasteiger partial charge in [0.25, 0.3) is 0 Å². The molecule has 1 aliphatic heterocycles. The van der Waals surface area contributed by atoms with E-state index < -0.39 is 11.4 Å². The standard InChI is InChI=1S/C15H20O2.C4H9NO/c1-2-12-8-6-7-11-15(12,14(16)17)13-9-4-3-5-10-13;1-3-6-4-2-5-1/h3-5,9-10,12H,2,6-8,11H2,1H3,(H,16,17);5H,1-4H2. The average molecular weight is 319 g/mol.